The lowest BCUT2D eigenvalue weighted by molar-refractivity contribution is -0.00622. The molecule has 1 aliphatic rings. The van der Waals surface area contributed by atoms with E-state index < -0.39 is 5.60 Å². The van der Waals surface area contributed by atoms with Crippen LogP contribution in [0.3, 0.4) is 0 Å². The first-order valence-corrected chi connectivity index (χ1v) is 5.34. The van der Waals surface area contributed by atoms with E-state index in [0.29, 0.717) is 5.41 Å². The van der Waals surface area contributed by atoms with E-state index in [4.69, 9.17) is 5.73 Å². The van der Waals surface area contributed by atoms with Crippen LogP contribution in [0.1, 0.15) is 52.9 Å². The van der Waals surface area contributed by atoms with Gasteiger partial charge in [-0.05, 0) is 38.5 Å². The molecule has 2 heteroatoms. The lowest BCUT2D eigenvalue weighted by atomic mass is 9.76. The van der Waals surface area contributed by atoms with Crippen molar-refractivity contribution in [2.75, 3.05) is 0 Å². The number of rotatable bonds is 3. The Labute approximate surface area is 81.5 Å². The molecule has 1 fully saturated rings. The highest BCUT2D eigenvalue weighted by molar-refractivity contribution is 4.91. The van der Waals surface area contributed by atoms with Crippen LogP contribution < -0.4 is 5.73 Å². The van der Waals surface area contributed by atoms with Gasteiger partial charge in [0.15, 0.2) is 0 Å². The monoisotopic (exact) mass is 185 g/mol. The Bertz CT molecular complexity index is 166. The van der Waals surface area contributed by atoms with Crippen molar-refractivity contribution in [1.29, 1.82) is 0 Å². The highest BCUT2D eigenvalue weighted by atomic mass is 16.3. The van der Waals surface area contributed by atoms with Crippen LogP contribution in [0.5, 0.6) is 0 Å². The van der Waals surface area contributed by atoms with Gasteiger partial charge in [-0.15, -0.1) is 0 Å². The van der Waals surface area contributed by atoms with Crippen molar-refractivity contribution in [2.45, 2.75) is 64.5 Å². The minimum absolute atomic E-state index is 0.134. The molecule has 0 aromatic heterocycles. The maximum Gasteiger partial charge on any atom is 0.0772 e. The van der Waals surface area contributed by atoms with Crippen molar-refractivity contribution in [3.05, 3.63) is 0 Å². The van der Waals surface area contributed by atoms with Gasteiger partial charge in [-0.3, -0.25) is 0 Å². The van der Waals surface area contributed by atoms with Crippen molar-refractivity contribution >= 4 is 0 Å². The molecule has 0 saturated heterocycles. The van der Waals surface area contributed by atoms with E-state index in [-0.39, 0.29) is 6.04 Å². The zero-order valence-corrected chi connectivity index (χ0v) is 9.14. The molecule has 0 aliphatic heterocycles. The fraction of sp³-hybridized carbons (Fsp3) is 1.00. The Morgan fingerprint density at radius 1 is 1.46 bits per heavy atom. The van der Waals surface area contributed by atoms with Crippen molar-refractivity contribution in [1.82, 2.24) is 0 Å². The Hall–Kier alpha value is -0.0800. The SMILES string of the molecule is CC(N)C(C)(O)CC1(C)CCCC1. The second-order valence-electron chi connectivity index (χ2n) is 5.34. The van der Waals surface area contributed by atoms with Crippen molar-refractivity contribution < 1.29 is 5.11 Å². The van der Waals surface area contributed by atoms with Crippen LogP contribution >= 0.6 is 0 Å². The van der Waals surface area contributed by atoms with E-state index in [1.54, 1.807) is 0 Å². The minimum Gasteiger partial charge on any atom is -0.389 e. The van der Waals surface area contributed by atoms with Crippen molar-refractivity contribution in [3.63, 3.8) is 0 Å². The van der Waals surface area contributed by atoms with Gasteiger partial charge < -0.3 is 10.8 Å². The van der Waals surface area contributed by atoms with E-state index in [9.17, 15) is 5.11 Å². The summed E-state index contributed by atoms with van der Waals surface area (Å²) in [6.45, 7) is 6.02. The standard InChI is InChI=1S/C11H23NO/c1-9(12)11(3,13)8-10(2)6-4-5-7-10/h9,13H,4-8,12H2,1-3H3. The number of hydrogen-bond donors (Lipinski definition) is 2. The molecule has 1 rings (SSSR count). The molecule has 0 heterocycles. The van der Waals surface area contributed by atoms with Gasteiger partial charge >= 0.3 is 0 Å². The molecular weight excluding hydrogens is 162 g/mol. The Morgan fingerprint density at radius 3 is 2.31 bits per heavy atom. The minimum atomic E-state index is -0.695. The third-order valence-electron chi connectivity index (χ3n) is 3.58. The number of aliphatic hydroxyl groups is 1. The van der Waals surface area contributed by atoms with Gasteiger partial charge in [0.1, 0.15) is 0 Å². The molecule has 0 aromatic rings. The van der Waals surface area contributed by atoms with Gasteiger partial charge in [0.25, 0.3) is 0 Å². The molecule has 3 N–H and O–H groups in total. The normalized spacial score (nSPS) is 28.4. The molecule has 2 atom stereocenters. The lowest BCUT2D eigenvalue weighted by Gasteiger charge is -2.36. The molecule has 0 radical (unpaired) electrons. The predicted molar refractivity (Wildman–Crippen MR) is 55.5 cm³/mol. The summed E-state index contributed by atoms with van der Waals surface area (Å²) in [6, 6.07) is -0.134. The molecule has 0 bridgehead atoms. The molecule has 0 amide bonds. The van der Waals surface area contributed by atoms with Gasteiger partial charge in [0.2, 0.25) is 0 Å². The molecule has 1 aliphatic carbocycles. The van der Waals surface area contributed by atoms with Crippen LogP contribution in [0, 0.1) is 5.41 Å². The molecule has 1 saturated carbocycles. The second-order valence-corrected chi connectivity index (χ2v) is 5.34. The highest BCUT2D eigenvalue weighted by Crippen LogP contribution is 2.43. The summed E-state index contributed by atoms with van der Waals surface area (Å²) >= 11 is 0. The topological polar surface area (TPSA) is 46.2 Å². The molecule has 78 valence electrons. The van der Waals surface area contributed by atoms with Crippen LogP contribution in [0.2, 0.25) is 0 Å². The maximum atomic E-state index is 10.1. The fourth-order valence-electron chi connectivity index (χ4n) is 2.43. The first-order valence-electron chi connectivity index (χ1n) is 5.34. The molecule has 0 aromatic carbocycles. The fourth-order valence-corrected chi connectivity index (χ4v) is 2.43. The molecule has 0 spiro atoms. The zero-order valence-electron chi connectivity index (χ0n) is 9.14. The Morgan fingerprint density at radius 2 is 1.92 bits per heavy atom. The molecular formula is C11H23NO. The van der Waals surface area contributed by atoms with Crippen LogP contribution in [-0.4, -0.2) is 16.7 Å². The lowest BCUT2D eigenvalue weighted by Crippen LogP contribution is -2.46. The largest absolute Gasteiger partial charge is 0.389 e. The van der Waals surface area contributed by atoms with Crippen molar-refractivity contribution in [3.8, 4) is 0 Å². The summed E-state index contributed by atoms with van der Waals surface area (Å²) in [5.41, 5.74) is 5.39. The van der Waals surface area contributed by atoms with Gasteiger partial charge in [-0.2, -0.15) is 0 Å². The molecule has 2 unspecified atom stereocenters. The van der Waals surface area contributed by atoms with Gasteiger partial charge in [0, 0.05) is 6.04 Å². The van der Waals surface area contributed by atoms with Crippen LogP contribution in [0.4, 0.5) is 0 Å². The average Bonchev–Trinajstić information content (AvgIpc) is 2.34. The first kappa shape index (κ1) is 11.0. The van der Waals surface area contributed by atoms with E-state index in [1.165, 1.54) is 25.7 Å². The van der Waals surface area contributed by atoms with E-state index in [2.05, 4.69) is 6.92 Å². The smallest absolute Gasteiger partial charge is 0.0772 e. The van der Waals surface area contributed by atoms with E-state index in [0.717, 1.165) is 6.42 Å². The molecule has 2 nitrogen and oxygen atoms in total. The highest BCUT2D eigenvalue weighted by Gasteiger charge is 2.37. The summed E-state index contributed by atoms with van der Waals surface area (Å²) in [4.78, 5) is 0. The zero-order chi connectivity index (χ0) is 10.1. The van der Waals surface area contributed by atoms with Gasteiger partial charge in [0.05, 0.1) is 5.60 Å². The number of hydrogen-bond acceptors (Lipinski definition) is 2. The summed E-state index contributed by atoms with van der Waals surface area (Å²) in [6.07, 6.45) is 5.96. The summed E-state index contributed by atoms with van der Waals surface area (Å²) in [5, 5.41) is 10.1. The molecule has 13 heavy (non-hydrogen) atoms. The Kier molecular flexibility index (Phi) is 3.03. The number of nitrogens with two attached hydrogens (primary N) is 1. The van der Waals surface area contributed by atoms with Gasteiger partial charge in [-0.25, -0.2) is 0 Å². The summed E-state index contributed by atoms with van der Waals surface area (Å²) in [5.74, 6) is 0. The third kappa shape index (κ3) is 2.68. The third-order valence-corrected chi connectivity index (χ3v) is 3.58. The predicted octanol–water partition coefficient (Wildman–Crippen LogP) is 2.05. The van der Waals surface area contributed by atoms with Crippen LogP contribution in [-0.2, 0) is 0 Å². The quantitative estimate of drug-likeness (QED) is 0.707. The Balaban J connectivity index is 2.56. The van der Waals surface area contributed by atoms with Crippen molar-refractivity contribution in [2.24, 2.45) is 11.1 Å². The maximum absolute atomic E-state index is 10.1. The second kappa shape index (κ2) is 3.58. The summed E-state index contributed by atoms with van der Waals surface area (Å²) in [7, 11) is 0. The first-order chi connectivity index (χ1) is 5.86. The average molecular weight is 185 g/mol. The van der Waals surface area contributed by atoms with E-state index >= 15 is 0 Å². The van der Waals surface area contributed by atoms with Gasteiger partial charge in [-0.1, -0.05) is 19.8 Å². The summed E-state index contributed by atoms with van der Waals surface area (Å²) < 4.78 is 0. The van der Waals surface area contributed by atoms with Crippen LogP contribution in [0.15, 0.2) is 0 Å². The van der Waals surface area contributed by atoms with Crippen LogP contribution in [0.25, 0.3) is 0 Å². The van der Waals surface area contributed by atoms with E-state index in [1.807, 2.05) is 13.8 Å².